The summed E-state index contributed by atoms with van der Waals surface area (Å²) >= 11 is 0. The first-order chi connectivity index (χ1) is 10.2. The molecule has 0 amide bonds. The number of hydrogen-bond acceptors (Lipinski definition) is 4. The zero-order valence-corrected chi connectivity index (χ0v) is 11.9. The second-order valence-corrected chi connectivity index (χ2v) is 4.23. The highest BCUT2D eigenvalue weighted by atomic mass is 19.1. The van der Waals surface area contributed by atoms with Crippen LogP contribution in [0.5, 0.6) is 5.75 Å². The van der Waals surface area contributed by atoms with Crippen LogP contribution in [0.2, 0.25) is 0 Å². The van der Waals surface area contributed by atoms with E-state index in [1.165, 1.54) is 0 Å². The monoisotopic (exact) mass is 293 g/mol. The van der Waals surface area contributed by atoms with Crippen LogP contribution in [0.25, 0.3) is 0 Å². The van der Waals surface area contributed by atoms with Gasteiger partial charge in [0, 0.05) is 12.6 Å². The summed E-state index contributed by atoms with van der Waals surface area (Å²) in [6.45, 7) is 4.64. The number of anilines is 3. The molecule has 1 aromatic heterocycles. The third-order valence-corrected chi connectivity index (χ3v) is 2.71. The van der Waals surface area contributed by atoms with Gasteiger partial charge in [-0.25, -0.2) is 13.8 Å². The van der Waals surface area contributed by atoms with Crippen LogP contribution >= 0.6 is 0 Å². The minimum absolute atomic E-state index is 0.00953. The van der Waals surface area contributed by atoms with Crippen LogP contribution in [0.4, 0.5) is 26.1 Å². The molecule has 0 atom stereocenters. The Morgan fingerprint density at radius 3 is 2.52 bits per heavy atom. The van der Waals surface area contributed by atoms with Crippen LogP contribution in [-0.4, -0.2) is 18.1 Å². The average molecular weight is 293 g/mol. The number of nitrogens with zero attached hydrogens (tertiary/aromatic N) is 1. The normalized spacial score (nSPS) is 10.3. The molecule has 0 bridgehead atoms. The molecule has 0 unspecified atom stereocenters. The summed E-state index contributed by atoms with van der Waals surface area (Å²) in [5.74, 6) is -0.955. The van der Waals surface area contributed by atoms with E-state index in [1.54, 1.807) is 18.2 Å². The topological polar surface area (TPSA) is 46.2 Å². The van der Waals surface area contributed by atoms with Gasteiger partial charge in [-0.05, 0) is 26.0 Å². The highest BCUT2D eigenvalue weighted by molar-refractivity contribution is 5.65. The van der Waals surface area contributed by atoms with Gasteiger partial charge >= 0.3 is 0 Å². The summed E-state index contributed by atoms with van der Waals surface area (Å²) in [7, 11) is 0. The Hall–Kier alpha value is -2.37. The maximum atomic E-state index is 13.8. The summed E-state index contributed by atoms with van der Waals surface area (Å²) in [5, 5.41) is 5.58. The lowest BCUT2D eigenvalue weighted by molar-refractivity contribution is 0.342. The first-order valence-electron chi connectivity index (χ1n) is 6.74. The van der Waals surface area contributed by atoms with E-state index in [1.807, 2.05) is 19.9 Å². The average Bonchev–Trinajstić information content (AvgIpc) is 2.46. The molecule has 0 spiro atoms. The zero-order valence-electron chi connectivity index (χ0n) is 11.9. The van der Waals surface area contributed by atoms with E-state index in [4.69, 9.17) is 4.74 Å². The fourth-order valence-electron chi connectivity index (χ4n) is 1.82. The molecule has 112 valence electrons. The second kappa shape index (κ2) is 6.88. The molecule has 0 aliphatic carbocycles. The molecule has 0 saturated carbocycles. The highest BCUT2D eigenvalue weighted by Gasteiger charge is 2.13. The number of para-hydroxylation sites is 2. The molecular weight excluding hydrogens is 276 g/mol. The first kappa shape index (κ1) is 15.0. The Balaban J connectivity index is 2.33. The zero-order chi connectivity index (χ0) is 15.2. The van der Waals surface area contributed by atoms with Crippen molar-refractivity contribution in [2.24, 2.45) is 0 Å². The van der Waals surface area contributed by atoms with Crippen LogP contribution in [0.3, 0.4) is 0 Å². The third-order valence-electron chi connectivity index (χ3n) is 2.71. The molecule has 1 aromatic carbocycles. The van der Waals surface area contributed by atoms with Gasteiger partial charge in [-0.2, -0.15) is 0 Å². The Bertz CT molecular complexity index is 620. The largest absolute Gasteiger partial charge is 0.492 e. The summed E-state index contributed by atoms with van der Waals surface area (Å²) in [5.41, 5.74) is 0.569. The molecule has 0 aliphatic heterocycles. The number of pyridine rings is 1. The van der Waals surface area contributed by atoms with Crippen molar-refractivity contribution < 1.29 is 13.5 Å². The molecule has 0 aliphatic rings. The molecule has 2 rings (SSSR count). The summed E-state index contributed by atoms with van der Waals surface area (Å²) < 4.78 is 32.8. The number of halogens is 2. The van der Waals surface area contributed by atoms with Crippen LogP contribution in [-0.2, 0) is 0 Å². The van der Waals surface area contributed by atoms with Gasteiger partial charge in [-0.3, -0.25) is 0 Å². The van der Waals surface area contributed by atoms with Gasteiger partial charge in [-0.15, -0.1) is 0 Å². The first-order valence-corrected chi connectivity index (χ1v) is 6.74. The van der Waals surface area contributed by atoms with Gasteiger partial charge < -0.3 is 15.4 Å². The third kappa shape index (κ3) is 3.59. The van der Waals surface area contributed by atoms with Crippen molar-refractivity contribution in [1.82, 2.24) is 4.98 Å². The number of rotatable bonds is 6. The summed E-state index contributed by atoms with van der Waals surface area (Å²) in [6, 6.07) is 7.91. The van der Waals surface area contributed by atoms with Crippen molar-refractivity contribution >= 4 is 17.3 Å². The number of benzene rings is 1. The van der Waals surface area contributed by atoms with Gasteiger partial charge in [-0.1, -0.05) is 12.1 Å². The lowest BCUT2D eigenvalue weighted by atomic mass is 10.3. The number of nitrogens with one attached hydrogen (secondary N) is 2. The summed E-state index contributed by atoms with van der Waals surface area (Å²) in [4.78, 5) is 3.93. The van der Waals surface area contributed by atoms with E-state index in [2.05, 4.69) is 15.6 Å². The quantitative estimate of drug-likeness (QED) is 0.847. The van der Waals surface area contributed by atoms with Crippen LogP contribution in [0.15, 0.2) is 30.3 Å². The van der Waals surface area contributed by atoms with Crippen molar-refractivity contribution in [3.05, 3.63) is 42.0 Å². The predicted octanol–water partition coefficient (Wildman–Crippen LogP) is 3.93. The van der Waals surface area contributed by atoms with E-state index in [-0.39, 0.29) is 11.6 Å². The van der Waals surface area contributed by atoms with Gasteiger partial charge in [0.15, 0.2) is 23.3 Å². The van der Waals surface area contributed by atoms with Crippen molar-refractivity contribution in [2.45, 2.75) is 13.8 Å². The maximum Gasteiger partial charge on any atom is 0.169 e. The van der Waals surface area contributed by atoms with Gasteiger partial charge in [0.2, 0.25) is 0 Å². The predicted molar refractivity (Wildman–Crippen MR) is 79.2 cm³/mol. The second-order valence-electron chi connectivity index (χ2n) is 4.23. The van der Waals surface area contributed by atoms with Gasteiger partial charge in [0.25, 0.3) is 0 Å². The van der Waals surface area contributed by atoms with E-state index in [9.17, 15) is 8.78 Å². The standard InChI is InChI=1S/C15H17F2N3O/c1-3-18-14-10(16)9-11(17)15(20-14)19-12-7-5-6-8-13(12)21-4-2/h5-9H,3-4H2,1-2H3,(H2,18,19,20). The Morgan fingerprint density at radius 2 is 1.81 bits per heavy atom. The van der Waals surface area contributed by atoms with E-state index in [0.29, 0.717) is 24.6 Å². The Morgan fingerprint density at radius 1 is 1.10 bits per heavy atom. The van der Waals surface area contributed by atoms with Gasteiger partial charge in [0.1, 0.15) is 5.75 Å². The van der Waals surface area contributed by atoms with Crippen LogP contribution in [0, 0.1) is 11.6 Å². The van der Waals surface area contributed by atoms with E-state index >= 15 is 0 Å². The lowest BCUT2D eigenvalue weighted by Crippen LogP contribution is -2.07. The molecule has 2 aromatic rings. The Kier molecular flexibility index (Phi) is 4.92. The Labute approximate surface area is 122 Å². The SMILES string of the molecule is CCNc1nc(Nc2ccccc2OCC)c(F)cc1F. The number of ether oxygens (including phenoxy) is 1. The lowest BCUT2D eigenvalue weighted by Gasteiger charge is -2.13. The van der Waals surface area contributed by atoms with Gasteiger partial charge in [0.05, 0.1) is 12.3 Å². The fraction of sp³-hybridized carbons (Fsp3) is 0.267. The van der Waals surface area contributed by atoms with Crippen molar-refractivity contribution in [3.8, 4) is 5.75 Å². The minimum atomic E-state index is -0.763. The molecule has 0 radical (unpaired) electrons. The van der Waals surface area contributed by atoms with Crippen molar-refractivity contribution in [2.75, 3.05) is 23.8 Å². The molecular formula is C15H17F2N3O. The van der Waals surface area contributed by atoms with Crippen LogP contribution < -0.4 is 15.4 Å². The van der Waals surface area contributed by atoms with Crippen molar-refractivity contribution in [1.29, 1.82) is 0 Å². The molecule has 2 N–H and O–H groups in total. The minimum Gasteiger partial charge on any atom is -0.492 e. The fourth-order valence-corrected chi connectivity index (χ4v) is 1.82. The van der Waals surface area contributed by atoms with Crippen LogP contribution in [0.1, 0.15) is 13.8 Å². The van der Waals surface area contributed by atoms with E-state index in [0.717, 1.165) is 6.07 Å². The molecule has 4 nitrogen and oxygen atoms in total. The highest BCUT2D eigenvalue weighted by Crippen LogP contribution is 2.29. The molecule has 1 heterocycles. The summed E-state index contributed by atoms with van der Waals surface area (Å²) in [6.07, 6.45) is 0. The smallest absolute Gasteiger partial charge is 0.169 e. The molecule has 6 heteroatoms. The molecule has 0 fully saturated rings. The van der Waals surface area contributed by atoms with E-state index < -0.39 is 11.6 Å². The van der Waals surface area contributed by atoms with Crippen molar-refractivity contribution in [3.63, 3.8) is 0 Å². The molecule has 21 heavy (non-hydrogen) atoms. The number of aromatic nitrogens is 1. The molecule has 0 saturated heterocycles. The maximum absolute atomic E-state index is 13.8. The number of hydrogen-bond donors (Lipinski definition) is 2.